The molecule has 0 bridgehead atoms. The van der Waals surface area contributed by atoms with Crippen molar-refractivity contribution in [2.75, 3.05) is 26.2 Å². The number of rotatable bonds is 4. The standard InChI is InChI=1S/C20H23N3O2S/c21-12-13-5-9-23(10-6-13)8-1-2-14-17(24)4-3-16-18(14)15-7-11-26-19(15)20(25)22-16/h1-4,7,11,13,24H,5-6,8-10,12,21H2,(H,22,25)/b2-1+. The highest BCUT2D eigenvalue weighted by Crippen LogP contribution is 2.33. The van der Waals surface area contributed by atoms with Crippen LogP contribution in [-0.2, 0) is 0 Å². The van der Waals surface area contributed by atoms with Gasteiger partial charge in [-0.25, -0.2) is 0 Å². The third-order valence-electron chi connectivity index (χ3n) is 5.30. The minimum Gasteiger partial charge on any atom is -0.507 e. The molecule has 4 rings (SSSR count). The van der Waals surface area contributed by atoms with Gasteiger partial charge in [0, 0.05) is 28.4 Å². The number of aromatic amines is 1. The monoisotopic (exact) mass is 369 g/mol. The third-order valence-corrected chi connectivity index (χ3v) is 6.21. The first-order chi connectivity index (χ1) is 12.7. The maximum Gasteiger partial charge on any atom is 0.266 e. The molecule has 136 valence electrons. The number of nitrogens with zero attached hydrogens (tertiary/aromatic N) is 1. The van der Waals surface area contributed by atoms with Crippen LogP contribution in [0.3, 0.4) is 0 Å². The predicted octanol–water partition coefficient (Wildman–Crippen LogP) is 3.13. The minimum absolute atomic E-state index is 0.0779. The van der Waals surface area contributed by atoms with Crippen molar-refractivity contribution in [3.8, 4) is 5.75 Å². The Morgan fingerprint density at radius 3 is 2.88 bits per heavy atom. The van der Waals surface area contributed by atoms with Gasteiger partial charge in [0.2, 0.25) is 0 Å². The van der Waals surface area contributed by atoms with Crippen LogP contribution < -0.4 is 11.3 Å². The highest BCUT2D eigenvalue weighted by Gasteiger charge is 2.17. The quantitative estimate of drug-likeness (QED) is 0.660. The van der Waals surface area contributed by atoms with E-state index in [2.05, 4.69) is 16.0 Å². The van der Waals surface area contributed by atoms with Crippen molar-refractivity contribution in [1.82, 2.24) is 9.88 Å². The first kappa shape index (κ1) is 17.3. The molecule has 1 fully saturated rings. The van der Waals surface area contributed by atoms with E-state index in [1.165, 1.54) is 11.3 Å². The fourth-order valence-corrected chi connectivity index (χ4v) is 4.55. The average molecular weight is 369 g/mol. The molecule has 0 radical (unpaired) electrons. The fraction of sp³-hybridized carbons (Fsp3) is 0.350. The summed E-state index contributed by atoms with van der Waals surface area (Å²) in [4.78, 5) is 17.5. The molecule has 0 atom stereocenters. The number of H-pyrrole nitrogens is 1. The molecular formula is C20H23N3O2S. The Kier molecular flexibility index (Phi) is 4.80. The zero-order valence-corrected chi connectivity index (χ0v) is 15.4. The molecule has 1 aromatic carbocycles. The van der Waals surface area contributed by atoms with E-state index in [-0.39, 0.29) is 11.3 Å². The normalized spacial score (nSPS) is 17.0. The van der Waals surface area contributed by atoms with Crippen LogP contribution in [0.2, 0.25) is 0 Å². The summed E-state index contributed by atoms with van der Waals surface area (Å²) in [5, 5.41) is 14.1. The molecular weight excluding hydrogens is 346 g/mol. The number of fused-ring (bicyclic) bond motifs is 3. The zero-order valence-electron chi connectivity index (χ0n) is 14.6. The highest BCUT2D eigenvalue weighted by molar-refractivity contribution is 7.17. The summed E-state index contributed by atoms with van der Waals surface area (Å²) in [6.07, 6.45) is 6.38. The number of aromatic hydroxyl groups is 1. The molecule has 0 spiro atoms. The van der Waals surface area contributed by atoms with Crippen LogP contribution in [0.25, 0.3) is 27.1 Å². The summed E-state index contributed by atoms with van der Waals surface area (Å²) in [5.41, 5.74) is 7.19. The van der Waals surface area contributed by atoms with E-state index in [4.69, 9.17) is 5.73 Å². The minimum atomic E-state index is -0.0779. The molecule has 3 heterocycles. The molecule has 1 aliphatic heterocycles. The molecule has 6 heteroatoms. The number of aromatic nitrogens is 1. The van der Waals surface area contributed by atoms with Crippen LogP contribution in [-0.4, -0.2) is 41.2 Å². The van der Waals surface area contributed by atoms with Crippen LogP contribution in [0.15, 0.2) is 34.4 Å². The molecule has 4 N–H and O–H groups in total. The molecule has 0 amide bonds. The Morgan fingerprint density at radius 2 is 2.12 bits per heavy atom. The van der Waals surface area contributed by atoms with Gasteiger partial charge in [-0.15, -0.1) is 11.3 Å². The molecule has 1 saturated heterocycles. The van der Waals surface area contributed by atoms with Crippen LogP contribution >= 0.6 is 11.3 Å². The Labute approximate surface area is 155 Å². The van der Waals surface area contributed by atoms with Crippen molar-refractivity contribution in [2.45, 2.75) is 12.8 Å². The van der Waals surface area contributed by atoms with Crippen molar-refractivity contribution in [2.24, 2.45) is 11.7 Å². The van der Waals surface area contributed by atoms with Crippen molar-refractivity contribution >= 4 is 38.4 Å². The smallest absolute Gasteiger partial charge is 0.266 e. The lowest BCUT2D eigenvalue weighted by Crippen LogP contribution is -2.36. The maximum absolute atomic E-state index is 12.2. The lowest BCUT2D eigenvalue weighted by molar-refractivity contribution is 0.204. The molecule has 1 aliphatic rings. The first-order valence-electron chi connectivity index (χ1n) is 9.01. The largest absolute Gasteiger partial charge is 0.507 e. The lowest BCUT2D eigenvalue weighted by atomic mass is 9.97. The van der Waals surface area contributed by atoms with Gasteiger partial charge in [-0.2, -0.15) is 0 Å². The molecule has 3 aromatic rings. The number of hydrogen-bond donors (Lipinski definition) is 3. The Morgan fingerprint density at radius 1 is 1.31 bits per heavy atom. The molecule has 2 aromatic heterocycles. The maximum atomic E-state index is 12.2. The lowest BCUT2D eigenvalue weighted by Gasteiger charge is -2.30. The van der Waals surface area contributed by atoms with E-state index in [0.717, 1.165) is 60.9 Å². The van der Waals surface area contributed by atoms with Gasteiger partial charge in [0.1, 0.15) is 10.4 Å². The molecule has 26 heavy (non-hydrogen) atoms. The number of benzene rings is 1. The number of nitrogens with one attached hydrogen (secondary N) is 1. The van der Waals surface area contributed by atoms with E-state index in [9.17, 15) is 9.90 Å². The number of phenols is 1. The number of piperidine rings is 1. The van der Waals surface area contributed by atoms with Gasteiger partial charge in [-0.3, -0.25) is 9.69 Å². The zero-order chi connectivity index (χ0) is 18.1. The summed E-state index contributed by atoms with van der Waals surface area (Å²) < 4.78 is 0.696. The van der Waals surface area contributed by atoms with E-state index in [0.29, 0.717) is 10.6 Å². The van der Waals surface area contributed by atoms with E-state index in [1.54, 1.807) is 12.1 Å². The van der Waals surface area contributed by atoms with Gasteiger partial charge in [0.25, 0.3) is 5.56 Å². The molecule has 5 nitrogen and oxygen atoms in total. The summed E-state index contributed by atoms with van der Waals surface area (Å²) >= 11 is 1.42. The number of phenolic OH excluding ortho intramolecular Hbond substituents is 1. The molecule has 0 unspecified atom stereocenters. The fourth-order valence-electron chi connectivity index (χ4n) is 3.76. The van der Waals surface area contributed by atoms with Crippen molar-refractivity contribution in [3.05, 3.63) is 45.6 Å². The second kappa shape index (κ2) is 7.23. The van der Waals surface area contributed by atoms with Crippen LogP contribution in [0.5, 0.6) is 5.75 Å². The SMILES string of the molecule is NCC1CCN(C/C=C/c2c(O)ccc3[nH]c(=O)c4sccc4c23)CC1. The van der Waals surface area contributed by atoms with Gasteiger partial charge in [-0.05, 0) is 62.0 Å². The summed E-state index contributed by atoms with van der Waals surface area (Å²) in [6.45, 7) is 3.76. The van der Waals surface area contributed by atoms with Crippen LogP contribution in [0.1, 0.15) is 18.4 Å². The molecule has 0 saturated carbocycles. The third kappa shape index (κ3) is 3.16. The number of likely N-dealkylation sites (tertiary alicyclic amines) is 1. The van der Waals surface area contributed by atoms with Gasteiger partial charge < -0.3 is 15.8 Å². The second-order valence-corrected chi connectivity index (χ2v) is 7.84. The number of pyridine rings is 1. The number of thiophene rings is 1. The van der Waals surface area contributed by atoms with Gasteiger partial charge in [0.05, 0.1) is 0 Å². The Hall–Kier alpha value is -2.15. The van der Waals surface area contributed by atoms with E-state index >= 15 is 0 Å². The van der Waals surface area contributed by atoms with E-state index in [1.807, 2.05) is 17.5 Å². The first-order valence-corrected chi connectivity index (χ1v) is 9.89. The number of hydrogen-bond acceptors (Lipinski definition) is 5. The highest BCUT2D eigenvalue weighted by atomic mass is 32.1. The van der Waals surface area contributed by atoms with E-state index < -0.39 is 0 Å². The van der Waals surface area contributed by atoms with Crippen molar-refractivity contribution < 1.29 is 5.11 Å². The van der Waals surface area contributed by atoms with Crippen molar-refractivity contribution in [1.29, 1.82) is 0 Å². The predicted molar refractivity (Wildman–Crippen MR) is 109 cm³/mol. The van der Waals surface area contributed by atoms with Gasteiger partial charge in [-0.1, -0.05) is 12.2 Å². The average Bonchev–Trinajstić information content (AvgIpc) is 3.15. The van der Waals surface area contributed by atoms with Gasteiger partial charge >= 0.3 is 0 Å². The van der Waals surface area contributed by atoms with Crippen LogP contribution in [0.4, 0.5) is 0 Å². The number of nitrogens with two attached hydrogens (primary N) is 1. The Balaban J connectivity index is 1.65. The topological polar surface area (TPSA) is 82.3 Å². The molecule has 0 aliphatic carbocycles. The van der Waals surface area contributed by atoms with Gasteiger partial charge in [0.15, 0.2) is 0 Å². The van der Waals surface area contributed by atoms with Crippen molar-refractivity contribution in [3.63, 3.8) is 0 Å². The summed E-state index contributed by atoms with van der Waals surface area (Å²) in [6, 6.07) is 5.35. The second-order valence-electron chi connectivity index (χ2n) is 6.92. The van der Waals surface area contributed by atoms with Crippen LogP contribution in [0, 0.1) is 5.92 Å². The summed E-state index contributed by atoms with van der Waals surface area (Å²) in [5.74, 6) is 0.885. The summed E-state index contributed by atoms with van der Waals surface area (Å²) in [7, 11) is 0. The Bertz CT molecular complexity index is 1010.